The lowest BCUT2D eigenvalue weighted by Crippen LogP contribution is -2.20. The van der Waals surface area contributed by atoms with Crippen LogP contribution in [0.2, 0.25) is 0 Å². The Bertz CT molecular complexity index is 523. The Labute approximate surface area is 114 Å². The summed E-state index contributed by atoms with van der Waals surface area (Å²) >= 11 is 3.21. The Morgan fingerprint density at radius 1 is 1.17 bits per heavy atom. The van der Waals surface area contributed by atoms with Gasteiger partial charge in [0.15, 0.2) is 0 Å². The van der Waals surface area contributed by atoms with E-state index in [0.29, 0.717) is 5.82 Å². The number of rotatable bonds is 3. The molecule has 4 heteroatoms. The van der Waals surface area contributed by atoms with E-state index >= 15 is 0 Å². The molecule has 1 atom stereocenters. The van der Waals surface area contributed by atoms with Crippen LogP contribution in [0.25, 0.3) is 11.1 Å². The molecule has 0 saturated carbocycles. The number of carbonyl (C=O) groups is 1. The minimum Gasteiger partial charge on any atom is -0.310 e. The van der Waals surface area contributed by atoms with E-state index in [1.54, 1.807) is 19.2 Å². The molecule has 1 aromatic carbocycles. The minimum absolute atomic E-state index is 0.102. The van der Waals surface area contributed by atoms with Crippen molar-refractivity contribution in [1.82, 2.24) is 4.98 Å². The third-order valence-corrected chi connectivity index (χ3v) is 2.90. The lowest BCUT2D eigenvalue weighted by Gasteiger charge is -2.06. The molecule has 92 valence electrons. The van der Waals surface area contributed by atoms with E-state index < -0.39 is 0 Å². The number of aromatic nitrogens is 1. The average Bonchev–Trinajstić information content (AvgIpc) is 2.40. The molecule has 3 nitrogen and oxygen atoms in total. The highest BCUT2D eigenvalue weighted by atomic mass is 79.9. The zero-order valence-corrected chi connectivity index (χ0v) is 11.5. The maximum Gasteiger partial charge on any atom is 0.239 e. The number of carbonyl (C=O) groups excluding carboxylic acids is 1. The van der Waals surface area contributed by atoms with Gasteiger partial charge >= 0.3 is 0 Å². The summed E-state index contributed by atoms with van der Waals surface area (Å²) in [5, 5.41) is 2.72. The number of pyridine rings is 1. The Hall–Kier alpha value is -1.68. The first-order valence-corrected chi connectivity index (χ1v) is 6.55. The zero-order valence-electron chi connectivity index (χ0n) is 9.93. The van der Waals surface area contributed by atoms with Crippen LogP contribution in [-0.2, 0) is 4.79 Å². The standard InChI is InChI=1S/C14H13BrN2O/c1-10(15)14(18)17-13-8-7-12(9-16-13)11-5-3-2-4-6-11/h2-10H,1H3,(H,16,17,18). The quantitative estimate of drug-likeness (QED) is 0.882. The second kappa shape index (κ2) is 5.78. The van der Waals surface area contributed by atoms with E-state index in [0.717, 1.165) is 11.1 Å². The molecular formula is C14H13BrN2O. The van der Waals surface area contributed by atoms with E-state index in [9.17, 15) is 4.79 Å². The fourth-order valence-corrected chi connectivity index (χ4v) is 1.61. The molecule has 1 heterocycles. The lowest BCUT2D eigenvalue weighted by atomic mass is 10.1. The molecule has 1 unspecified atom stereocenters. The van der Waals surface area contributed by atoms with E-state index in [2.05, 4.69) is 26.2 Å². The molecule has 2 rings (SSSR count). The maximum absolute atomic E-state index is 11.5. The smallest absolute Gasteiger partial charge is 0.239 e. The van der Waals surface area contributed by atoms with Crippen LogP contribution in [-0.4, -0.2) is 15.7 Å². The molecule has 0 aliphatic heterocycles. The van der Waals surface area contributed by atoms with Crippen LogP contribution in [0.4, 0.5) is 5.82 Å². The number of halogens is 1. The van der Waals surface area contributed by atoms with E-state index in [1.165, 1.54) is 0 Å². The van der Waals surface area contributed by atoms with Gasteiger partial charge in [0, 0.05) is 11.8 Å². The van der Waals surface area contributed by atoms with Gasteiger partial charge in [0.1, 0.15) is 5.82 Å². The van der Waals surface area contributed by atoms with Crippen molar-refractivity contribution in [3.05, 3.63) is 48.7 Å². The van der Waals surface area contributed by atoms with Crippen molar-refractivity contribution >= 4 is 27.7 Å². The van der Waals surface area contributed by atoms with Gasteiger partial charge in [0.05, 0.1) is 4.83 Å². The van der Waals surface area contributed by atoms with Gasteiger partial charge in [-0.3, -0.25) is 4.79 Å². The number of anilines is 1. The average molecular weight is 305 g/mol. The van der Waals surface area contributed by atoms with Gasteiger partial charge < -0.3 is 5.32 Å². The summed E-state index contributed by atoms with van der Waals surface area (Å²) in [4.78, 5) is 15.5. The number of nitrogens with one attached hydrogen (secondary N) is 1. The number of nitrogens with zero attached hydrogens (tertiary/aromatic N) is 1. The summed E-state index contributed by atoms with van der Waals surface area (Å²) in [6.45, 7) is 1.77. The van der Waals surface area contributed by atoms with Gasteiger partial charge in [-0.05, 0) is 24.6 Å². The van der Waals surface area contributed by atoms with Crippen molar-refractivity contribution < 1.29 is 4.79 Å². The third-order valence-electron chi connectivity index (χ3n) is 2.48. The van der Waals surface area contributed by atoms with Crippen molar-refractivity contribution in [3.8, 4) is 11.1 Å². The molecule has 0 fully saturated rings. The van der Waals surface area contributed by atoms with Gasteiger partial charge in [-0.15, -0.1) is 0 Å². The maximum atomic E-state index is 11.5. The van der Waals surface area contributed by atoms with Crippen LogP contribution in [0.3, 0.4) is 0 Å². The minimum atomic E-state index is -0.229. The summed E-state index contributed by atoms with van der Waals surface area (Å²) in [6, 6.07) is 13.7. The Morgan fingerprint density at radius 3 is 2.44 bits per heavy atom. The summed E-state index contributed by atoms with van der Waals surface area (Å²) in [5.74, 6) is 0.459. The predicted octanol–water partition coefficient (Wildman–Crippen LogP) is 3.47. The van der Waals surface area contributed by atoms with Crippen LogP contribution >= 0.6 is 15.9 Å². The molecule has 2 aromatic rings. The molecule has 0 saturated heterocycles. The first kappa shape index (κ1) is 12.8. The van der Waals surface area contributed by atoms with Crippen molar-refractivity contribution in [2.24, 2.45) is 0 Å². The highest BCUT2D eigenvalue weighted by molar-refractivity contribution is 9.10. The number of hydrogen-bond donors (Lipinski definition) is 1. The first-order chi connectivity index (χ1) is 8.66. The molecular weight excluding hydrogens is 292 g/mol. The second-order valence-corrected chi connectivity index (χ2v) is 5.28. The number of benzene rings is 1. The largest absolute Gasteiger partial charge is 0.310 e. The van der Waals surface area contributed by atoms with Crippen molar-refractivity contribution in [2.75, 3.05) is 5.32 Å². The summed E-state index contributed by atoms with van der Waals surface area (Å²) < 4.78 is 0. The molecule has 0 aliphatic rings. The molecule has 0 spiro atoms. The van der Waals surface area contributed by atoms with Crippen LogP contribution in [0, 0.1) is 0 Å². The van der Waals surface area contributed by atoms with Crippen molar-refractivity contribution in [2.45, 2.75) is 11.8 Å². The van der Waals surface area contributed by atoms with Crippen LogP contribution in [0.1, 0.15) is 6.92 Å². The number of alkyl halides is 1. The van der Waals surface area contributed by atoms with Gasteiger partial charge in [-0.25, -0.2) is 4.98 Å². The molecule has 1 aromatic heterocycles. The molecule has 1 N–H and O–H groups in total. The highest BCUT2D eigenvalue weighted by Crippen LogP contribution is 2.19. The van der Waals surface area contributed by atoms with Crippen molar-refractivity contribution in [3.63, 3.8) is 0 Å². The molecule has 0 aliphatic carbocycles. The predicted molar refractivity (Wildman–Crippen MR) is 76.7 cm³/mol. The Morgan fingerprint density at radius 2 is 1.89 bits per heavy atom. The fourth-order valence-electron chi connectivity index (χ4n) is 1.49. The topological polar surface area (TPSA) is 42.0 Å². The van der Waals surface area contributed by atoms with Gasteiger partial charge in [0.2, 0.25) is 5.91 Å². The molecule has 0 bridgehead atoms. The SMILES string of the molecule is CC(Br)C(=O)Nc1ccc(-c2ccccc2)cn1. The lowest BCUT2D eigenvalue weighted by molar-refractivity contribution is -0.115. The summed E-state index contributed by atoms with van der Waals surface area (Å²) in [7, 11) is 0. The number of hydrogen-bond acceptors (Lipinski definition) is 2. The molecule has 1 amide bonds. The van der Waals surface area contributed by atoms with Crippen LogP contribution in [0.15, 0.2) is 48.7 Å². The third kappa shape index (κ3) is 3.17. The van der Waals surface area contributed by atoms with E-state index in [1.807, 2.05) is 36.4 Å². The number of amides is 1. The summed E-state index contributed by atoms with van der Waals surface area (Å²) in [5.41, 5.74) is 2.14. The highest BCUT2D eigenvalue weighted by Gasteiger charge is 2.09. The Kier molecular flexibility index (Phi) is 4.10. The zero-order chi connectivity index (χ0) is 13.0. The molecule has 18 heavy (non-hydrogen) atoms. The first-order valence-electron chi connectivity index (χ1n) is 5.63. The Balaban J connectivity index is 2.13. The summed E-state index contributed by atoms with van der Waals surface area (Å²) in [6.07, 6.45) is 1.75. The van der Waals surface area contributed by atoms with Gasteiger partial charge in [-0.2, -0.15) is 0 Å². The molecule has 0 radical (unpaired) electrons. The van der Waals surface area contributed by atoms with Gasteiger partial charge in [0.25, 0.3) is 0 Å². The van der Waals surface area contributed by atoms with E-state index in [4.69, 9.17) is 0 Å². The van der Waals surface area contributed by atoms with Crippen LogP contribution in [0.5, 0.6) is 0 Å². The normalized spacial score (nSPS) is 11.9. The fraction of sp³-hybridized carbons (Fsp3) is 0.143. The monoisotopic (exact) mass is 304 g/mol. The second-order valence-electron chi connectivity index (χ2n) is 3.90. The van der Waals surface area contributed by atoms with Crippen LogP contribution < -0.4 is 5.32 Å². The van der Waals surface area contributed by atoms with Gasteiger partial charge in [-0.1, -0.05) is 46.3 Å². The van der Waals surface area contributed by atoms with E-state index in [-0.39, 0.29) is 10.7 Å². The van der Waals surface area contributed by atoms with Crippen molar-refractivity contribution in [1.29, 1.82) is 0 Å².